The molecule has 4 nitrogen and oxygen atoms in total. The van der Waals surface area contributed by atoms with E-state index in [1.165, 1.54) is 17.0 Å². The fourth-order valence-corrected chi connectivity index (χ4v) is 3.53. The second kappa shape index (κ2) is 12.1. The fourth-order valence-electron chi connectivity index (χ4n) is 3.53. The van der Waals surface area contributed by atoms with E-state index in [0.717, 1.165) is 6.07 Å². The van der Waals surface area contributed by atoms with E-state index in [9.17, 15) is 26.3 Å². The molecule has 0 aliphatic carbocycles. The zero-order chi connectivity index (χ0) is 22.4. The molecule has 0 spiro atoms. The molecule has 1 heterocycles. The molecule has 0 saturated carbocycles. The third kappa shape index (κ3) is 9.84. The molecule has 1 aliphatic heterocycles. The minimum atomic E-state index is -4.37. The molecular weight excluding hydrogens is 537 g/mol. The average Bonchev–Trinajstić information content (AvgIpc) is 3.09. The molecule has 2 N–H and O–H groups in total. The zero-order valence-corrected chi connectivity index (χ0v) is 19.8. The number of aliphatic imine (C=N–C) groups is 1. The third-order valence-corrected chi connectivity index (χ3v) is 5.21. The molecule has 0 radical (unpaired) electrons. The summed E-state index contributed by atoms with van der Waals surface area (Å²) in [6.07, 6.45) is -7.26. The molecule has 1 saturated heterocycles. The Hall–Kier alpha value is -1.24. The molecule has 0 amide bonds. The Morgan fingerprint density at radius 1 is 1.19 bits per heavy atom. The van der Waals surface area contributed by atoms with Crippen molar-refractivity contribution >= 4 is 29.9 Å². The highest BCUT2D eigenvalue weighted by atomic mass is 127. The molecule has 2 atom stereocenters. The first-order valence-electron chi connectivity index (χ1n) is 9.88. The first-order chi connectivity index (χ1) is 14.0. The Labute approximate surface area is 195 Å². The molecule has 1 aromatic carbocycles. The van der Waals surface area contributed by atoms with Gasteiger partial charge in [-0.05, 0) is 42.9 Å². The first kappa shape index (κ1) is 27.8. The van der Waals surface area contributed by atoms with Crippen LogP contribution in [-0.4, -0.2) is 56.8 Å². The van der Waals surface area contributed by atoms with E-state index in [-0.39, 0.29) is 35.8 Å². The van der Waals surface area contributed by atoms with E-state index < -0.39 is 24.5 Å². The smallest absolute Gasteiger partial charge is 0.356 e. The number of nitrogens with one attached hydrogen (secondary N) is 2. The molecule has 0 aromatic heterocycles. The van der Waals surface area contributed by atoms with Gasteiger partial charge in [-0.3, -0.25) is 9.89 Å². The van der Waals surface area contributed by atoms with Crippen LogP contribution in [0.2, 0.25) is 0 Å². The Bertz CT molecular complexity index is 708. The standard InChI is InChI=1S/C20H28F6N4.HI/c1-14(16-4-3-5-17(10-16)20(24,25)26)6-8-28-18(27-2)29-11-15-7-9-30(12-15)13-19(21,22)23;/h3-5,10,14-15H,6-9,11-13H2,1-2H3,(H2,27,28,29);1H. The lowest BCUT2D eigenvalue weighted by atomic mass is 9.96. The minimum absolute atomic E-state index is 0. The van der Waals surface area contributed by atoms with Crippen molar-refractivity contribution in [2.45, 2.75) is 38.0 Å². The van der Waals surface area contributed by atoms with Crippen molar-refractivity contribution in [3.8, 4) is 0 Å². The number of guanidine groups is 1. The van der Waals surface area contributed by atoms with Gasteiger partial charge in [-0.15, -0.1) is 24.0 Å². The summed E-state index contributed by atoms with van der Waals surface area (Å²) in [5.74, 6) is 0.555. The molecule has 1 aromatic rings. The van der Waals surface area contributed by atoms with Gasteiger partial charge in [-0.25, -0.2) is 0 Å². The van der Waals surface area contributed by atoms with Crippen LogP contribution in [0.5, 0.6) is 0 Å². The van der Waals surface area contributed by atoms with Gasteiger partial charge in [0.05, 0.1) is 12.1 Å². The maximum absolute atomic E-state index is 12.9. The lowest BCUT2D eigenvalue weighted by Crippen LogP contribution is -2.41. The van der Waals surface area contributed by atoms with E-state index in [1.54, 1.807) is 13.1 Å². The van der Waals surface area contributed by atoms with Crippen molar-refractivity contribution in [1.82, 2.24) is 15.5 Å². The Morgan fingerprint density at radius 3 is 2.52 bits per heavy atom. The Kier molecular flexibility index (Phi) is 10.9. The summed E-state index contributed by atoms with van der Waals surface area (Å²) in [7, 11) is 1.59. The molecule has 31 heavy (non-hydrogen) atoms. The van der Waals surface area contributed by atoms with Gasteiger partial charge >= 0.3 is 12.4 Å². The normalized spacial score (nSPS) is 19.1. The number of rotatable bonds is 7. The van der Waals surface area contributed by atoms with Gasteiger partial charge in [-0.1, -0.05) is 25.1 Å². The van der Waals surface area contributed by atoms with E-state index >= 15 is 0 Å². The lowest BCUT2D eigenvalue weighted by Gasteiger charge is -2.19. The van der Waals surface area contributed by atoms with Crippen LogP contribution in [0.1, 0.15) is 36.8 Å². The molecule has 11 heteroatoms. The zero-order valence-electron chi connectivity index (χ0n) is 17.5. The highest BCUT2D eigenvalue weighted by Gasteiger charge is 2.34. The maximum Gasteiger partial charge on any atom is 0.416 e. The third-order valence-electron chi connectivity index (χ3n) is 5.21. The Morgan fingerprint density at radius 2 is 1.90 bits per heavy atom. The van der Waals surface area contributed by atoms with Crippen molar-refractivity contribution < 1.29 is 26.3 Å². The molecular formula is C20H29F6IN4. The largest absolute Gasteiger partial charge is 0.416 e. The van der Waals surface area contributed by atoms with Crippen molar-refractivity contribution in [3.05, 3.63) is 35.4 Å². The number of benzene rings is 1. The SMILES string of the molecule is CN=C(NCCC(C)c1cccc(C(F)(F)F)c1)NCC1CCN(CC(F)(F)F)C1.I. The number of alkyl halides is 6. The van der Waals surface area contributed by atoms with Crippen LogP contribution in [-0.2, 0) is 6.18 Å². The minimum Gasteiger partial charge on any atom is -0.356 e. The summed E-state index contributed by atoms with van der Waals surface area (Å²) < 4.78 is 76.0. The van der Waals surface area contributed by atoms with Crippen LogP contribution in [0.25, 0.3) is 0 Å². The van der Waals surface area contributed by atoms with Gasteiger partial charge < -0.3 is 10.6 Å². The predicted octanol–water partition coefficient (Wildman–Crippen LogP) is 4.87. The number of likely N-dealkylation sites (tertiary alicyclic amines) is 1. The van der Waals surface area contributed by atoms with Gasteiger partial charge in [0.1, 0.15) is 0 Å². The average molecular weight is 566 g/mol. The molecule has 0 bridgehead atoms. The number of hydrogen-bond acceptors (Lipinski definition) is 2. The summed E-state index contributed by atoms with van der Waals surface area (Å²) in [5, 5.41) is 6.23. The van der Waals surface area contributed by atoms with Crippen molar-refractivity contribution in [3.63, 3.8) is 0 Å². The summed E-state index contributed by atoms with van der Waals surface area (Å²) in [6.45, 7) is 2.80. The second-order valence-electron chi connectivity index (χ2n) is 7.70. The summed E-state index contributed by atoms with van der Waals surface area (Å²) in [4.78, 5) is 5.50. The van der Waals surface area contributed by atoms with E-state index in [2.05, 4.69) is 15.6 Å². The van der Waals surface area contributed by atoms with Crippen molar-refractivity contribution in [2.75, 3.05) is 39.8 Å². The van der Waals surface area contributed by atoms with Crippen LogP contribution in [0.4, 0.5) is 26.3 Å². The van der Waals surface area contributed by atoms with E-state index in [4.69, 9.17) is 0 Å². The molecule has 2 rings (SSSR count). The number of hydrogen-bond donors (Lipinski definition) is 2. The van der Waals surface area contributed by atoms with Gasteiger partial charge in [0.2, 0.25) is 0 Å². The van der Waals surface area contributed by atoms with Crippen LogP contribution in [0.15, 0.2) is 29.3 Å². The van der Waals surface area contributed by atoms with Gasteiger partial charge in [0.15, 0.2) is 5.96 Å². The van der Waals surface area contributed by atoms with Crippen LogP contribution < -0.4 is 10.6 Å². The van der Waals surface area contributed by atoms with Crippen molar-refractivity contribution in [2.24, 2.45) is 10.9 Å². The Balaban J connectivity index is 0.00000480. The number of nitrogens with zero attached hydrogens (tertiary/aromatic N) is 2. The van der Waals surface area contributed by atoms with Crippen LogP contribution >= 0.6 is 24.0 Å². The summed E-state index contributed by atoms with van der Waals surface area (Å²) in [5.41, 5.74) is -0.0429. The lowest BCUT2D eigenvalue weighted by molar-refractivity contribution is -0.143. The summed E-state index contributed by atoms with van der Waals surface area (Å²) >= 11 is 0. The molecule has 1 fully saturated rings. The predicted molar refractivity (Wildman–Crippen MR) is 120 cm³/mol. The highest BCUT2D eigenvalue weighted by molar-refractivity contribution is 14.0. The molecule has 178 valence electrons. The number of halogens is 7. The van der Waals surface area contributed by atoms with Crippen LogP contribution in [0.3, 0.4) is 0 Å². The fraction of sp³-hybridized carbons (Fsp3) is 0.650. The van der Waals surface area contributed by atoms with Crippen LogP contribution in [0, 0.1) is 5.92 Å². The van der Waals surface area contributed by atoms with Gasteiger partial charge in [-0.2, -0.15) is 26.3 Å². The van der Waals surface area contributed by atoms with Crippen molar-refractivity contribution in [1.29, 1.82) is 0 Å². The van der Waals surface area contributed by atoms with E-state index in [0.29, 0.717) is 50.5 Å². The maximum atomic E-state index is 12.9. The topological polar surface area (TPSA) is 39.7 Å². The first-order valence-corrected chi connectivity index (χ1v) is 9.88. The van der Waals surface area contributed by atoms with Gasteiger partial charge in [0.25, 0.3) is 0 Å². The second-order valence-corrected chi connectivity index (χ2v) is 7.70. The highest BCUT2D eigenvalue weighted by Crippen LogP contribution is 2.31. The van der Waals surface area contributed by atoms with E-state index in [1.807, 2.05) is 6.92 Å². The van der Waals surface area contributed by atoms with Gasteiger partial charge in [0, 0.05) is 26.7 Å². The molecule has 2 unspecified atom stereocenters. The molecule has 1 aliphatic rings. The quantitative estimate of drug-likeness (QED) is 0.214. The summed E-state index contributed by atoms with van der Waals surface area (Å²) in [6, 6.07) is 5.32. The monoisotopic (exact) mass is 566 g/mol.